The highest BCUT2D eigenvalue weighted by Crippen LogP contribution is 2.19. The molecule has 0 radical (unpaired) electrons. The number of hydrogen-bond donors (Lipinski definition) is 1. The zero-order valence-corrected chi connectivity index (χ0v) is 16.9. The van der Waals surface area contributed by atoms with Crippen LogP contribution in [0.2, 0.25) is 5.02 Å². The van der Waals surface area contributed by atoms with E-state index in [0.717, 1.165) is 12.8 Å². The highest BCUT2D eigenvalue weighted by atomic mass is 35.5. The number of piperidine rings is 1. The van der Waals surface area contributed by atoms with E-state index >= 15 is 0 Å². The van der Waals surface area contributed by atoms with E-state index in [1.165, 1.54) is 0 Å². The molecular formula is C22H23ClN2O4. The number of anilines is 1. The topological polar surface area (TPSA) is 75.7 Å². The predicted octanol–water partition coefficient (Wildman–Crippen LogP) is 4.01. The molecule has 0 aliphatic carbocycles. The standard InChI is InChI=1S/C22H23ClN2O4/c1-15-5-4-12-25(13-15)20(26)14-29-22(28)18-6-2-3-7-19(18)24-21(27)16-8-10-17(23)11-9-16/h2-3,6-11,15H,4-5,12-14H2,1H3,(H,24,27)/t15-/m1/s1. The van der Waals surface area contributed by atoms with Gasteiger partial charge in [0.25, 0.3) is 11.8 Å². The Hall–Kier alpha value is -2.86. The van der Waals surface area contributed by atoms with Crippen LogP contribution in [-0.2, 0) is 9.53 Å². The number of para-hydroxylation sites is 1. The summed E-state index contributed by atoms with van der Waals surface area (Å²) in [5.41, 5.74) is 0.915. The molecule has 7 heteroatoms. The van der Waals surface area contributed by atoms with Gasteiger partial charge in [-0.05, 0) is 55.2 Å². The first kappa shape index (κ1) is 20.9. The number of amides is 2. The number of rotatable bonds is 5. The van der Waals surface area contributed by atoms with Crippen molar-refractivity contribution in [2.24, 2.45) is 5.92 Å². The molecule has 1 atom stereocenters. The molecule has 2 aromatic rings. The third kappa shape index (κ3) is 5.57. The normalized spacial score (nSPS) is 16.2. The molecule has 1 aliphatic rings. The fraction of sp³-hybridized carbons (Fsp3) is 0.318. The number of nitrogens with zero attached hydrogens (tertiary/aromatic N) is 1. The molecule has 6 nitrogen and oxygen atoms in total. The Labute approximate surface area is 174 Å². The second kappa shape index (κ2) is 9.56. The number of benzene rings is 2. The SMILES string of the molecule is C[C@@H]1CCCN(C(=O)COC(=O)c2ccccc2NC(=O)c2ccc(Cl)cc2)C1. The number of nitrogens with one attached hydrogen (secondary N) is 1. The van der Waals surface area contributed by atoms with Gasteiger partial charge in [0, 0.05) is 23.7 Å². The Morgan fingerprint density at radius 3 is 2.59 bits per heavy atom. The van der Waals surface area contributed by atoms with Crippen LogP contribution in [0.4, 0.5) is 5.69 Å². The molecule has 1 heterocycles. The summed E-state index contributed by atoms with van der Waals surface area (Å²) in [6.07, 6.45) is 2.06. The average molecular weight is 415 g/mol. The van der Waals surface area contributed by atoms with Crippen molar-refractivity contribution in [2.75, 3.05) is 25.0 Å². The van der Waals surface area contributed by atoms with Crippen LogP contribution in [0.25, 0.3) is 0 Å². The fourth-order valence-corrected chi connectivity index (χ4v) is 3.40. The lowest BCUT2D eigenvalue weighted by Gasteiger charge is -2.30. The molecule has 152 valence electrons. The maximum absolute atomic E-state index is 12.5. The van der Waals surface area contributed by atoms with Crippen molar-refractivity contribution in [2.45, 2.75) is 19.8 Å². The Balaban J connectivity index is 1.63. The van der Waals surface area contributed by atoms with E-state index in [-0.39, 0.29) is 24.0 Å². The van der Waals surface area contributed by atoms with Gasteiger partial charge in [-0.3, -0.25) is 9.59 Å². The Kier molecular flexibility index (Phi) is 6.88. The number of carbonyl (C=O) groups is 3. The van der Waals surface area contributed by atoms with E-state index in [1.54, 1.807) is 53.4 Å². The molecule has 0 bridgehead atoms. The van der Waals surface area contributed by atoms with Crippen LogP contribution >= 0.6 is 11.6 Å². The van der Waals surface area contributed by atoms with Crippen molar-refractivity contribution in [3.63, 3.8) is 0 Å². The molecule has 0 saturated carbocycles. The minimum Gasteiger partial charge on any atom is -0.452 e. The monoisotopic (exact) mass is 414 g/mol. The van der Waals surface area contributed by atoms with Gasteiger partial charge in [-0.1, -0.05) is 30.7 Å². The van der Waals surface area contributed by atoms with Crippen LogP contribution in [0.15, 0.2) is 48.5 Å². The van der Waals surface area contributed by atoms with Crippen molar-refractivity contribution in [3.05, 3.63) is 64.7 Å². The number of halogens is 1. The lowest BCUT2D eigenvalue weighted by Crippen LogP contribution is -2.41. The van der Waals surface area contributed by atoms with Crippen molar-refractivity contribution in [3.8, 4) is 0 Å². The van der Waals surface area contributed by atoms with E-state index < -0.39 is 5.97 Å². The number of esters is 1. The molecule has 1 fully saturated rings. The van der Waals surface area contributed by atoms with Crippen LogP contribution < -0.4 is 5.32 Å². The van der Waals surface area contributed by atoms with E-state index in [4.69, 9.17) is 16.3 Å². The maximum atomic E-state index is 12.5. The zero-order valence-electron chi connectivity index (χ0n) is 16.2. The molecule has 1 saturated heterocycles. The van der Waals surface area contributed by atoms with Crippen LogP contribution in [0.5, 0.6) is 0 Å². The first-order valence-electron chi connectivity index (χ1n) is 9.55. The van der Waals surface area contributed by atoms with Crippen molar-refractivity contribution in [1.29, 1.82) is 0 Å². The second-order valence-electron chi connectivity index (χ2n) is 7.17. The van der Waals surface area contributed by atoms with Gasteiger partial charge in [0.1, 0.15) is 0 Å². The van der Waals surface area contributed by atoms with Crippen LogP contribution in [0, 0.1) is 5.92 Å². The maximum Gasteiger partial charge on any atom is 0.340 e. The van der Waals surface area contributed by atoms with Crippen molar-refractivity contribution < 1.29 is 19.1 Å². The van der Waals surface area contributed by atoms with E-state index in [1.807, 2.05) is 0 Å². The quantitative estimate of drug-likeness (QED) is 0.750. The number of likely N-dealkylation sites (tertiary alicyclic amines) is 1. The van der Waals surface area contributed by atoms with Crippen LogP contribution in [0.1, 0.15) is 40.5 Å². The van der Waals surface area contributed by atoms with Gasteiger partial charge in [0.05, 0.1) is 11.3 Å². The second-order valence-corrected chi connectivity index (χ2v) is 7.61. The molecule has 2 aromatic carbocycles. The molecule has 2 amide bonds. The van der Waals surface area contributed by atoms with Crippen molar-refractivity contribution >= 4 is 35.1 Å². The Morgan fingerprint density at radius 1 is 1.14 bits per heavy atom. The summed E-state index contributed by atoms with van der Waals surface area (Å²) >= 11 is 5.84. The summed E-state index contributed by atoms with van der Waals surface area (Å²) in [4.78, 5) is 39.0. The summed E-state index contributed by atoms with van der Waals surface area (Å²) < 4.78 is 5.22. The zero-order chi connectivity index (χ0) is 20.8. The first-order valence-corrected chi connectivity index (χ1v) is 9.92. The van der Waals surface area contributed by atoms with Gasteiger partial charge in [-0.2, -0.15) is 0 Å². The molecular weight excluding hydrogens is 392 g/mol. The molecule has 1 N–H and O–H groups in total. The molecule has 0 spiro atoms. The summed E-state index contributed by atoms with van der Waals surface area (Å²) in [5, 5.41) is 3.23. The Bertz CT molecular complexity index is 898. The first-order chi connectivity index (χ1) is 13.9. The molecule has 3 rings (SSSR count). The minimum absolute atomic E-state index is 0.189. The van der Waals surface area contributed by atoms with Gasteiger partial charge < -0.3 is 15.0 Å². The largest absolute Gasteiger partial charge is 0.452 e. The summed E-state index contributed by atoms with van der Waals surface area (Å²) in [7, 11) is 0. The molecule has 0 aromatic heterocycles. The van der Waals surface area contributed by atoms with Gasteiger partial charge in [-0.25, -0.2) is 4.79 Å². The van der Waals surface area contributed by atoms with Gasteiger partial charge >= 0.3 is 5.97 Å². The van der Waals surface area contributed by atoms with Crippen LogP contribution in [0.3, 0.4) is 0 Å². The van der Waals surface area contributed by atoms with Crippen molar-refractivity contribution in [1.82, 2.24) is 4.90 Å². The lowest BCUT2D eigenvalue weighted by molar-refractivity contribution is -0.136. The molecule has 29 heavy (non-hydrogen) atoms. The van der Waals surface area contributed by atoms with E-state index in [0.29, 0.717) is 35.3 Å². The minimum atomic E-state index is -0.657. The van der Waals surface area contributed by atoms with Gasteiger partial charge in [0.15, 0.2) is 6.61 Å². The number of ether oxygens (including phenoxy) is 1. The lowest BCUT2D eigenvalue weighted by atomic mass is 10.0. The third-order valence-corrected chi connectivity index (χ3v) is 5.09. The number of carbonyl (C=O) groups excluding carboxylic acids is 3. The summed E-state index contributed by atoms with van der Waals surface area (Å²) in [6.45, 7) is 3.16. The van der Waals surface area contributed by atoms with Gasteiger partial charge in [0.2, 0.25) is 0 Å². The van der Waals surface area contributed by atoms with E-state index in [9.17, 15) is 14.4 Å². The fourth-order valence-electron chi connectivity index (χ4n) is 3.28. The number of hydrogen-bond acceptors (Lipinski definition) is 4. The smallest absolute Gasteiger partial charge is 0.340 e. The predicted molar refractivity (Wildman–Crippen MR) is 111 cm³/mol. The highest BCUT2D eigenvalue weighted by molar-refractivity contribution is 6.30. The van der Waals surface area contributed by atoms with Gasteiger partial charge in [-0.15, -0.1) is 0 Å². The van der Waals surface area contributed by atoms with Crippen LogP contribution in [-0.4, -0.2) is 42.4 Å². The van der Waals surface area contributed by atoms with E-state index in [2.05, 4.69) is 12.2 Å². The average Bonchev–Trinajstić information content (AvgIpc) is 2.72. The highest BCUT2D eigenvalue weighted by Gasteiger charge is 2.23. The molecule has 0 unspecified atom stereocenters. The summed E-state index contributed by atoms with van der Waals surface area (Å²) in [6, 6.07) is 12.9. The Morgan fingerprint density at radius 2 is 1.86 bits per heavy atom. The third-order valence-electron chi connectivity index (χ3n) is 4.84. The summed E-state index contributed by atoms with van der Waals surface area (Å²) in [5.74, 6) is -0.782. The molecule has 1 aliphatic heterocycles.